The number of hydrogen-bond donors (Lipinski definition) is 2. The highest BCUT2D eigenvalue weighted by molar-refractivity contribution is 5.70. The van der Waals surface area contributed by atoms with E-state index in [1.807, 2.05) is 19.1 Å². The van der Waals surface area contributed by atoms with Crippen molar-refractivity contribution in [2.75, 3.05) is 7.11 Å². The molecule has 0 fully saturated rings. The standard InChI is InChI=1S/C11H19NO3/c1-3-10(13)9-6-4-5-8(12-9)7-11(14)15-2/h4-5,8-10,12-13H,3,6-7H2,1-2H3/t8?,9-,10-/m0/s1. The van der Waals surface area contributed by atoms with Crippen molar-refractivity contribution in [3.05, 3.63) is 12.2 Å². The highest BCUT2D eigenvalue weighted by Gasteiger charge is 2.23. The van der Waals surface area contributed by atoms with Crippen LogP contribution >= 0.6 is 0 Å². The Morgan fingerprint density at radius 1 is 1.73 bits per heavy atom. The number of carbonyl (C=O) groups is 1. The third-order valence-electron chi connectivity index (χ3n) is 2.68. The van der Waals surface area contributed by atoms with E-state index in [1.54, 1.807) is 0 Å². The van der Waals surface area contributed by atoms with Crippen molar-refractivity contribution in [2.45, 2.75) is 44.4 Å². The predicted octanol–water partition coefficient (Wildman–Crippen LogP) is 0.607. The second-order valence-electron chi connectivity index (χ2n) is 3.80. The van der Waals surface area contributed by atoms with Crippen LogP contribution in [-0.4, -0.2) is 36.4 Å². The number of nitrogens with one attached hydrogen (secondary N) is 1. The average Bonchev–Trinajstić information content (AvgIpc) is 2.28. The summed E-state index contributed by atoms with van der Waals surface area (Å²) < 4.78 is 4.60. The first kappa shape index (κ1) is 12.2. The van der Waals surface area contributed by atoms with Crippen LogP contribution in [0.25, 0.3) is 0 Å². The van der Waals surface area contributed by atoms with E-state index in [1.165, 1.54) is 7.11 Å². The predicted molar refractivity (Wildman–Crippen MR) is 57.4 cm³/mol. The number of methoxy groups -OCH3 is 1. The zero-order valence-corrected chi connectivity index (χ0v) is 9.27. The van der Waals surface area contributed by atoms with Gasteiger partial charge in [0.2, 0.25) is 0 Å². The Labute approximate surface area is 90.3 Å². The fourth-order valence-corrected chi connectivity index (χ4v) is 1.73. The van der Waals surface area contributed by atoms with Gasteiger partial charge >= 0.3 is 5.97 Å². The first-order valence-corrected chi connectivity index (χ1v) is 5.35. The Balaban J connectivity index is 2.45. The molecule has 15 heavy (non-hydrogen) atoms. The average molecular weight is 213 g/mol. The van der Waals surface area contributed by atoms with Crippen molar-refractivity contribution in [3.8, 4) is 0 Å². The summed E-state index contributed by atoms with van der Waals surface area (Å²) in [6, 6.07) is 0.0343. The Morgan fingerprint density at radius 3 is 3.07 bits per heavy atom. The SMILES string of the molecule is CC[C@H](O)[C@@H]1CC=CC(CC(=O)OC)N1. The maximum Gasteiger partial charge on any atom is 0.307 e. The van der Waals surface area contributed by atoms with Crippen molar-refractivity contribution in [3.63, 3.8) is 0 Å². The third kappa shape index (κ3) is 3.64. The Bertz CT molecular complexity index is 240. The molecule has 0 spiro atoms. The molecule has 0 radical (unpaired) electrons. The van der Waals surface area contributed by atoms with E-state index in [0.717, 1.165) is 12.8 Å². The number of hydrogen-bond acceptors (Lipinski definition) is 4. The minimum absolute atomic E-state index is 0.0163. The van der Waals surface area contributed by atoms with E-state index in [9.17, 15) is 9.90 Å². The summed E-state index contributed by atoms with van der Waals surface area (Å²) in [5.41, 5.74) is 0. The number of aliphatic hydroxyl groups excluding tert-OH is 1. The summed E-state index contributed by atoms with van der Waals surface area (Å²) in [5.74, 6) is -0.233. The lowest BCUT2D eigenvalue weighted by Crippen LogP contribution is -2.47. The van der Waals surface area contributed by atoms with Crippen molar-refractivity contribution in [1.82, 2.24) is 5.32 Å². The highest BCUT2D eigenvalue weighted by Crippen LogP contribution is 2.12. The second-order valence-corrected chi connectivity index (χ2v) is 3.80. The van der Waals surface area contributed by atoms with Crippen LogP contribution in [0.15, 0.2) is 12.2 Å². The van der Waals surface area contributed by atoms with Gasteiger partial charge < -0.3 is 15.2 Å². The first-order valence-electron chi connectivity index (χ1n) is 5.35. The van der Waals surface area contributed by atoms with Gasteiger partial charge in [0, 0.05) is 12.1 Å². The summed E-state index contributed by atoms with van der Waals surface area (Å²) in [6.07, 6.45) is 5.46. The van der Waals surface area contributed by atoms with Crippen LogP contribution in [-0.2, 0) is 9.53 Å². The van der Waals surface area contributed by atoms with Crippen molar-refractivity contribution < 1.29 is 14.6 Å². The van der Waals surface area contributed by atoms with E-state index in [-0.39, 0.29) is 24.2 Å². The van der Waals surface area contributed by atoms with Crippen LogP contribution in [0.3, 0.4) is 0 Å². The Hall–Kier alpha value is -0.870. The molecule has 1 aliphatic heterocycles. The summed E-state index contributed by atoms with van der Waals surface area (Å²) in [5, 5.41) is 12.9. The van der Waals surface area contributed by atoms with Crippen LogP contribution in [0.1, 0.15) is 26.2 Å². The van der Waals surface area contributed by atoms with Crippen molar-refractivity contribution in [2.24, 2.45) is 0 Å². The molecule has 1 heterocycles. The molecule has 0 aliphatic carbocycles. The quantitative estimate of drug-likeness (QED) is 0.530. The van der Waals surface area contributed by atoms with Gasteiger partial charge in [0.1, 0.15) is 0 Å². The van der Waals surface area contributed by atoms with E-state index in [0.29, 0.717) is 6.42 Å². The van der Waals surface area contributed by atoms with Gasteiger partial charge in [0.05, 0.1) is 19.6 Å². The maximum atomic E-state index is 11.1. The lowest BCUT2D eigenvalue weighted by atomic mass is 9.98. The van der Waals surface area contributed by atoms with Gasteiger partial charge in [-0.25, -0.2) is 0 Å². The van der Waals surface area contributed by atoms with E-state index >= 15 is 0 Å². The molecular formula is C11H19NO3. The normalized spacial score (nSPS) is 27.4. The number of carbonyl (C=O) groups excluding carboxylic acids is 1. The van der Waals surface area contributed by atoms with E-state index < -0.39 is 0 Å². The Kier molecular flexibility index (Phi) is 4.78. The maximum absolute atomic E-state index is 11.1. The minimum Gasteiger partial charge on any atom is -0.469 e. The minimum atomic E-state index is -0.352. The van der Waals surface area contributed by atoms with Crippen molar-refractivity contribution >= 4 is 5.97 Å². The summed E-state index contributed by atoms with van der Waals surface area (Å²) in [6.45, 7) is 1.94. The zero-order valence-electron chi connectivity index (χ0n) is 9.27. The summed E-state index contributed by atoms with van der Waals surface area (Å²) in [4.78, 5) is 11.1. The molecule has 0 aromatic rings. The van der Waals surface area contributed by atoms with Gasteiger partial charge in [-0.1, -0.05) is 19.1 Å². The third-order valence-corrected chi connectivity index (χ3v) is 2.68. The summed E-state index contributed by atoms with van der Waals surface area (Å²) in [7, 11) is 1.38. The monoisotopic (exact) mass is 213 g/mol. The van der Waals surface area contributed by atoms with Crippen LogP contribution in [0, 0.1) is 0 Å². The number of aliphatic hydroxyl groups is 1. The molecule has 86 valence electrons. The van der Waals surface area contributed by atoms with Gasteiger partial charge in [-0.2, -0.15) is 0 Å². The lowest BCUT2D eigenvalue weighted by molar-refractivity contribution is -0.141. The van der Waals surface area contributed by atoms with Crippen LogP contribution < -0.4 is 5.32 Å². The summed E-state index contributed by atoms with van der Waals surface area (Å²) >= 11 is 0. The van der Waals surface area contributed by atoms with Crippen LogP contribution in [0.4, 0.5) is 0 Å². The van der Waals surface area contributed by atoms with Gasteiger partial charge in [-0.3, -0.25) is 4.79 Å². The molecule has 4 heteroatoms. The molecule has 0 amide bonds. The molecular weight excluding hydrogens is 194 g/mol. The second kappa shape index (κ2) is 5.88. The molecule has 0 saturated carbocycles. The molecule has 0 aromatic carbocycles. The fraction of sp³-hybridized carbons (Fsp3) is 0.727. The van der Waals surface area contributed by atoms with E-state index in [4.69, 9.17) is 0 Å². The van der Waals surface area contributed by atoms with Crippen LogP contribution in [0.2, 0.25) is 0 Å². The van der Waals surface area contributed by atoms with E-state index in [2.05, 4.69) is 10.1 Å². The van der Waals surface area contributed by atoms with Crippen molar-refractivity contribution in [1.29, 1.82) is 0 Å². The van der Waals surface area contributed by atoms with Gasteiger partial charge in [0.25, 0.3) is 0 Å². The fourth-order valence-electron chi connectivity index (χ4n) is 1.73. The smallest absolute Gasteiger partial charge is 0.307 e. The zero-order chi connectivity index (χ0) is 11.3. The van der Waals surface area contributed by atoms with Gasteiger partial charge in [-0.05, 0) is 12.8 Å². The molecule has 0 saturated heterocycles. The van der Waals surface area contributed by atoms with Gasteiger partial charge in [0.15, 0.2) is 0 Å². The molecule has 3 atom stereocenters. The number of esters is 1. The molecule has 0 aromatic heterocycles. The largest absolute Gasteiger partial charge is 0.469 e. The topological polar surface area (TPSA) is 58.6 Å². The molecule has 0 bridgehead atoms. The lowest BCUT2D eigenvalue weighted by Gasteiger charge is -2.29. The van der Waals surface area contributed by atoms with Crippen LogP contribution in [0.5, 0.6) is 0 Å². The molecule has 1 unspecified atom stereocenters. The number of ether oxygens (including phenoxy) is 1. The van der Waals surface area contributed by atoms with Gasteiger partial charge in [-0.15, -0.1) is 0 Å². The molecule has 1 rings (SSSR count). The molecule has 4 nitrogen and oxygen atoms in total. The first-order chi connectivity index (χ1) is 7.17. The molecule has 1 aliphatic rings. The Morgan fingerprint density at radius 2 is 2.47 bits per heavy atom. The molecule has 2 N–H and O–H groups in total. The highest BCUT2D eigenvalue weighted by atomic mass is 16.5. The number of rotatable bonds is 4.